The van der Waals surface area contributed by atoms with E-state index >= 15 is 0 Å². The van der Waals surface area contributed by atoms with Crippen LogP contribution < -0.4 is 0 Å². The molecule has 0 fully saturated rings. The van der Waals surface area contributed by atoms with E-state index in [1.165, 1.54) is 18.7 Å². The molecule has 1 aromatic heterocycles. The molecule has 0 saturated heterocycles. The molecule has 0 N–H and O–H groups in total. The van der Waals surface area contributed by atoms with Crippen molar-refractivity contribution in [1.82, 2.24) is 8.96 Å². The van der Waals surface area contributed by atoms with Gasteiger partial charge >= 0.3 is 0 Å². The minimum atomic E-state index is -3.54. The Hall–Kier alpha value is -1.14. The molecule has 2 aromatic rings. The van der Waals surface area contributed by atoms with Gasteiger partial charge in [0.1, 0.15) is 6.33 Å². The molecule has 17 heavy (non-hydrogen) atoms. The van der Waals surface area contributed by atoms with Gasteiger partial charge in [0.15, 0.2) is 0 Å². The molecule has 6 heteroatoms. The van der Waals surface area contributed by atoms with E-state index in [-0.39, 0.29) is 4.90 Å². The van der Waals surface area contributed by atoms with Crippen molar-refractivity contribution in [2.24, 2.45) is 0 Å². The highest BCUT2D eigenvalue weighted by atomic mass is 79.9. The van der Waals surface area contributed by atoms with E-state index in [9.17, 15) is 8.42 Å². The molecule has 0 spiro atoms. The molecular formula is C11H11BrN2O2S. The van der Waals surface area contributed by atoms with E-state index in [0.29, 0.717) is 0 Å². The van der Waals surface area contributed by atoms with Gasteiger partial charge in [0.2, 0.25) is 0 Å². The van der Waals surface area contributed by atoms with Crippen molar-refractivity contribution in [2.45, 2.75) is 18.7 Å². The van der Waals surface area contributed by atoms with Crippen LogP contribution in [-0.4, -0.2) is 17.4 Å². The van der Waals surface area contributed by atoms with Gasteiger partial charge in [0, 0.05) is 16.9 Å². The topological polar surface area (TPSA) is 52.0 Å². The lowest BCUT2D eigenvalue weighted by Gasteiger charge is -2.10. The van der Waals surface area contributed by atoms with Crippen molar-refractivity contribution in [3.63, 3.8) is 0 Å². The number of nitrogens with zero attached hydrogens (tertiary/aromatic N) is 2. The first-order chi connectivity index (χ1) is 7.93. The van der Waals surface area contributed by atoms with Gasteiger partial charge in [-0.2, -0.15) is 0 Å². The Morgan fingerprint density at radius 1 is 1.24 bits per heavy atom. The molecule has 0 aliphatic rings. The fourth-order valence-corrected chi connectivity index (χ4v) is 3.44. The molecule has 0 radical (unpaired) electrons. The maximum absolute atomic E-state index is 12.3. The maximum Gasteiger partial charge on any atom is 0.269 e. The predicted octanol–water partition coefficient (Wildman–Crippen LogP) is 2.50. The minimum Gasteiger partial charge on any atom is -0.244 e. The first kappa shape index (κ1) is 12.3. The Kier molecular flexibility index (Phi) is 3.09. The molecule has 0 aliphatic heterocycles. The second-order valence-electron chi connectivity index (χ2n) is 3.76. The lowest BCUT2D eigenvalue weighted by molar-refractivity contribution is 0.586. The van der Waals surface area contributed by atoms with Crippen molar-refractivity contribution in [1.29, 1.82) is 0 Å². The maximum atomic E-state index is 12.3. The van der Waals surface area contributed by atoms with E-state index in [4.69, 9.17) is 0 Å². The summed E-state index contributed by atoms with van der Waals surface area (Å²) in [4.78, 5) is 4.04. The summed E-state index contributed by atoms with van der Waals surface area (Å²) >= 11 is 3.35. The first-order valence-corrected chi connectivity index (χ1v) is 7.16. The molecule has 0 unspecified atom stereocenters. The van der Waals surface area contributed by atoms with Crippen molar-refractivity contribution < 1.29 is 8.42 Å². The highest BCUT2D eigenvalue weighted by Crippen LogP contribution is 2.25. The third-order valence-electron chi connectivity index (χ3n) is 2.49. The standard InChI is InChI=1S/C11H11BrN2O2S/c1-8-5-9(2)11(6-10(8)12)17(15,16)14-4-3-13-7-14/h3-7H,1-2H3. The van der Waals surface area contributed by atoms with Gasteiger partial charge in [-0.3, -0.25) is 0 Å². The fraction of sp³-hybridized carbons (Fsp3) is 0.182. The Morgan fingerprint density at radius 2 is 1.94 bits per heavy atom. The zero-order valence-electron chi connectivity index (χ0n) is 9.38. The largest absolute Gasteiger partial charge is 0.269 e. The first-order valence-electron chi connectivity index (χ1n) is 4.93. The average molecular weight is 315 g/mol. The van der Waals surface area contributed by atoms with Crippen molar-refractivity contribution in [3.8, 4) is 0 Å². The van der Waals surface area contributed by atoms with Gasteiger partial charge in [-0.1, -0.05) is 22.0 Å². The number of halogens is 1. The lowest BCUT2D eigenvalue weighted by atomic mass is 10.2. The normalized spacial score (nSPS) is 11.7. The SMILES string of the molecule is Cc1cc(C)c(S(=O)(=O)n2ccnc2)cc1Br. The average Bonchev–Trinajstić information content (AvgIpc) is 2.77. The summed E-state index contributed by atoms with van der Waals surface area (Å²) in [6.07, 6.45) is 4.14. The van der Waals surface area contributed by atoms with Crippen LogP contribution in [0.2, 0.25) is 0 Å². The molecule has 1 heterocycles. The molecule has 1 aromatic carbocycles. The Bertz CT molecular complexity index is 648. The summed E-state index contributed by atoms with van der Waals surface area (Å²) in [5.74, 6) is 0. The summed E-state index contributed by atoms with van der Waals surface area (Å²) in [7, 11) is -3.54. The zero-order chi connectivity index (χ0) is 12.6. The lowest BCUT2D eigenvalue weighted by Crippen LogP contribution is -2.12. The Labute approximate surface area is 108 Å². The quantitative estimate of drug-likeness (QED) is 0.855. The number of imidazole rings is 1. The van der Waals surface area contributed by atoms with Crippen molar-refractivity contribution >= 4 is 26.0 Å². The third-order valence-corrected chi connectivity index (χ3v) is 5.11. The number of aryl methyl sites for hydroxylation is 2. The number of hydrogen-bond donors (Lipinski definition) is 0. The molecule has 90 valence electrons. The van der Waals surface area contributed by atoms with Crippen LogP contribution in [-0.2, 0) is 10.0 Å². The summed E-state index contributed by atoms with van der Waals surface area (Å²) in [6.45, 7) is 3.70. The number of rotatable bonds is 2. The molecule has 4 nitrogen and oxygen atoms in total. The van der Waals surface area contributed by atoms with Crippen LogP contribution in [0.1, 0.15) is 11.1 Å². The molecule has 0 amide bonds. The molecular weight excluding hydrogens is 304 g/mol. The van der Waals surface area contributed by atoms with Crippen molar-refractivity contribution in [3.05, 3.63) is 46.5 Å². The van der Waals surface area contributed by atoms with Crippen molar-refractivity contribution in [2.75, 3.05) is 0 Å². The molecule has 2 rings (SSSR count). The summed E-state index contributed by atoms with van der Waals surface area (Å²) < 4.78 is 26.5. The van der Waals surface area contributed by atoms with Gasteiger partial charge in [-0.25, -0.2) is 17.4 Å². The molecule has 0 saturated carbocycles. The smallest absolute Gasteiger partial charge is 0.244 e. The molecule has 0 atom stereocenters. The number of aromatic nitrogens is 2. The second kappa shape index (κ2) is 4.27. The van der Waals surface area contributed by atoms with Gasteiger partial charge in [0.05, 0.1) is 4.90 Å². The minimum absolute atomic E-state index is 0.285. The second-order valence-corrected chi connectivity index (χ2v) is 6.43. The van der Waals surface area contributed by atoms with Gasteiger partial charge in [-0.05, 0) is 31.0 Å². The van der Waals surface area contributed by atoms with E-state index in [1.807, 2.05) is 13.0 Å². The van der Waals surface area contributed by atoms with E-state index in [2.05, 4.69) is 20.9 Å². The van der Waals surface area contributed by atoms with E-state index in [1.54, 1.807) is 13.0 Å². The van der Waals surface area contributed by atoms with Crippen LogP contribution in [0.3, 0.4) is 0 Å². The molecule has 0 aliphatic carbocycles. The van der Waals surface area contributed by atoms with Gasteiger partial charge in [0.25, 0.3) is 10.0 Å². The zero-order valence-corrected chi connectivity index (χ0v) is 11.8. The monoisotopic (exact) mass is 314 g/mol. The Balaban J connectivity index is 2.67. The van der Waals surface area contributed by atoms with Crippen LogP contribution in [0.4, 0.5) is 0 Å². The predicted molar refractivity (Wildman–Crippen MR) is 68.4 cm³/mol. The number of benzene rings is 1. The Morgan fingerprint density at radius 3 is 2.53 bits per heavy atom. The summed E-state index contributed by atoms with van der Waals surface area (Å²) in [5, 5.41) is 0. The van der Waals surface area contributed by atoms with Crippen LogP contribution in [0, 0.1) is 13.8 Å². The summed E-state index contributed by atoms with van der Waals surface area (Å²) in [6, 6.07) is 3.47. The van der Waals surface area contributed by atoms with Gasteiger partial charge < -0.3 is 0 Å². The van der Waals surface area contributed by atoms with Gasteiger partial charge in [-0.15, -0.1) is 0 Å². The van der Waals surface area contributed by atoms with Crippen LogP contribution in [0.25, 0.3) is 0 Å². The fourth-order valence-electron chi connectivity index (χ4n) is 1.59. The van der Waals surface area contributed by atoms with Crippen LogP contribution in [0.5, 0.6) is 0 Å². The molecule has 0 bridgehead atoms. The summed E-state index contributed by atoms with van der Waals surface area (Å²) in [5.41, 5.74) is 1.73. The van der Waals surface area contributed by atoms with E-state index in [0.717, 1.165) is 19.6 Å². The number of hydrogen-bond acceptors (Lipinski definition) is 3. The highest BCUT2D eigenvalue weighted by Gasteiger charge is 2.19. The van der Waals surface area contributed by atoms with E-state index < -0.39 is 10.0 Å². The van der Waals surface area contributed by atoms with Crippen LogP contribution >= 0.6 is 15.9 Å². The van der Waals surface area contributed by atoms with Crippen LogP contribution in [0.15, 0.2) is 40.2 Å². The third kappa shape index (κ3) is 2.14. The highest BCUT2D eigenvalue weighted by molar-refractivity contribution is 9.10.